The van der Waals surface area contributed by atoms with Crippen LogP contribution in [0.2, 0.25) is 0 Å². The molecule has 1 aromatic rings. The number of hydrogen-bond donors (Lipinski definition) is 1. The molecule has 0 spiro atoms. The van der Waals surface area contributed by atoms with Gasteiger partial charge in [-0.3, -0.25) is 0 Å². The van der Waals surface area contributed by atoms with E-state index in [0.717, 1.165) is 29.4 Å². The summed E-state index contributed by atoms with van der Waals surface area (Å²) in [6, 6.07) is 7.90. The molecule has 0 aromatic heterocycles. The first-order valence-corrected chi connectivity index (χ1v) is 7.56. The van der Waals surface area contributed by atoms with Gasteiger partial charge in [0.1, 0.15) is 5.54 Å². The lowest BCUT2D eigenvalue weighted by Gasteiger charge is -2.29. The van der Waals surface area contributed by atoms with Crippen LogP contribution in [0.4, 0.5) is 5.69 Å². The third kappa shape index (κ3) is 3.30. The van der Waals surface area contributed by atoms with E-state index in [9.17, 15) is 4.79 Å². The topological polar surface area (TPSA) is 38.3 Å². The Balaban J connectivity index is 2.21. The van der Waals surface area contributed by atoms with Crippen LogP contribution >= 0.6 is 15.9 Å². The Bertz CT molecular complexity index is 463. The lowest BCUT2D eigenvalue weighted by atomic mass is 9.95. The van der Waals surface area contributed by atoms with E-state index in [-0.39, 0.29) is 5.97 Å². The molecule has 0 heterocycles. The molecule has 2 unspecified atom stereocenters. The highest BCUT2D eigenvalue weighted by molar-refractivity contribution is 9.10. The van der Waals surface area contributed by atoms with Crippen molar-refractivity contribution in [2.45, 2.75) is 38.6 Å². The lowest BCUT2D eigenvalue weighted by Crippen LogP contribution is -2.45. The summed E-state index contributed by atoms with van der Waals surface area (Å²) in [7, 11) is 0. The Morgan fingerprint density at radius 1 is 1.58 bits per heavy atom. The van der Waals surface area contributed by atoms with Gasteiger partial charge in [0.25, 0.3) is 0 Å². The highest BCUT2D eigenvalue weighted by Gasteiger charge is 2.45. The molecule has 0 radical (unpaired) electrons. The zero-order valence-corrected chi connectivity index (χ0v) is 13.0. The molecule has 0 saturated heterocycles. The highest BCUT2D eigenvalue weighted by atomic mass is 79.9. The Morgan fingerprint density at radius 3 is 2.95 bits per heavy atom. The number of anilines is 1. The van der Waals surface area contributed by atoms with Gasteiger partial charge < -0.3 is 10.1 Å². The highest BCUT2D eigenvalue weighted by Crippen LogP contribution is 2.38. The first-order chi connectivity index (χ1) is 9.05. The first kappa shape index (κ1) is 14.4. The summed E-state index contributed by atoms with van der Waals surface area (Å²) in [6.45, 7) is 4.46. The van der Waals surface area contributed by atoms with Crippen molar-refractivity contribution in [1.29, 1.82) is 0 Å². The summed E-state index contributed by atoms with van der Waals surface area (Å²) in [5, 5.41) is 3.41. The molecule has 19 heavy (non-hydrogen) atoms. The van der Waals surface area contributed by atoms with Crippen molar-refractivity contribution in [3.05, 3.63) is 28.7 Å². The van der Waals surface area contributed by atoms with Crippen LogP contribution in [0, 0.1) is 5.92 Å². The summed E-state index contributed by atoms with van der Waals surface area (Å²) in [5.41, 5.74) is 0.396. The van der Waals surface area contributed by atoms with Crippen LogP contribution in [-0.4, -0.2) is 18.1 Å². The number of rotatable bonds is 4. The maximum Gasteiger partial charge on any atom is 0.331 e. The van der Waals surface area contributed by atoms with Crippen molar-refractivity contribution < 1.29 is 9.53 Å². The van der Waals surface area contributed by atoms with Crippen LogP contribution in [0.5, 0.6) is 0 Å². The third-order valence-corrected chi connectivity index (χ3v) is 4.13. The molecule has 2 atom stereocenters. The number of esters is 1. The summed E-state index contributed by atoms with van der Waals surface area (Å²) in [6.07, 6.45) is 2.72. The molecule has 0 aliphatic heterocycles. The van der Waals surface area contributed by atoms with Crippen LogP contribution < -0.4 is 5.32 Å². The molecule has 0 amide bonds. The summed E-state index contributed by atoms with van der Waals surface area (Å²) < 4.78 is 6.27. The molecular formula is C15H20BrNO2. The second kappa shape index (κ2) is 5.95. The molecule has 0 bridgehead atoms. The van der Waals surface area contributed by atoms with Gasteiger partial charge in [-0.2, -0.15) is 0 Å². The van der Waals surface area contributed by atoms with Crippen LogP contribution in [-0.2, 0) is 9.53 Å². The van der Waals surface area contributed by atoms with Gasteiger partial charge in [-0.05, 0) is 50.3 Å². The number of benzene rings is 1. The van der Waals surface area contributed by atoms with Crippen LogP contribution in [0.15, 0.2) is 28.7 Å². The minimum absolute atomic E-state index is 0.126. The Hall–Kier alpha value is -1.03. The Kier molecular flexibility index (Phi) is 4.50. The summed E-state index contributed by atoms with van der Waals surface area (Å²) in [4.78, 5) is 12.3. The predicted molar refractivity (Wildman–Crippen MR) is 80.1 cm³/mol. The van der Waals surface area contributed by atoms with Gasteiger partial charge in [0, 0.05) is 10.2 Å². The maximum atomic E-state index is 12.3. The molecular weight excluding hydrogens is 306 g/mol. The van der Waals surface area contributed by atoms with Crippen molar-refractivity contribution in [3.63, 3.8) is 0 Å². The molecule has 3 nitrogen and oxygen atoms in total. The fourth-order valence-corrected chi connectivity index (χ4v) is 3.15. The molecule has 1 saturated carbocycles. The van der Waals surface area contributed by atoms with Gasteiger partial charge in [-0.15, -0.1) is 0 Å². The standard InChI is InChI=1S/C15H20BrNO2/c1-3-19-14(18)15(8-7-11(2)10-15)17-13-6-4-5-12(16)9-13/h4-6,9,11,17H,3,7-8,10H2,1-2H3. The van der Waals surface area contributed by atoms with E-state index < -0.39 is 5.54 Å². The smallest absolute Gasteiger partial charge is 0.331 e. The maximum absolute atomic E-state index is 12.3. The van der Waals surface area contributed by atoms with E-state index in [1.54, 1.807) is 0 Å². The number of carbonyl (C=O) groups excluding carboxylic acids is 1. The average Bonchev–Trinajstić information content (AvgIpc) is 2.72. The monoisotopic (exact) mass is 325 g/mol. The quantitative estimate of drug-likeness (QED) is 0.851. The normalized spacial score (nSPS) is 26.2. The second-order valence-corrected chi connectivity index (χ2v) is 6.20. The van der Waals surface area contributed by atoms with Crippen molar-refractivity contribution in [2.24, 2.45) is 5.92 Å². The minimum Gasteiger partial charge on any atom is -0.464 e. The zero-order chi connectivity index (χ0) is 13.9. The molecule has 104 valence electrons. The van der Waals surface area contributed by atoms with E-state index >= 15 is 0 Å². The fourth-order valence-electron chi connectivity index (χ4n) is 2.75. The van der Waals surface area contributed by atoms with E-state index in [4.69, 9.17) is 4.74 Å². The van der Waals surface area contributed by atoms with Crippen molar-refractivity contribution in [3.8, 4) is 0 Å². The molecule has 2 rings (SSSR count). The molecule has 1 aliphatic rings. The molecule has 1 aromatic carbocycles. The van der Waals surface area contributed by atoms with Gasteiger partial charge in [0.05, 0.1) is 6.61 Å². The van der Waals surface area contributed by atoms with Crippen LogP contribution in [0.1, 0.15) is 33.1 Å². The van der Waals surface area contributed by atoms with Gasteiger partial charge in [0.2, 0.25) is 0 Å². The third-order valence-electron chi connectivity index (χ3n) is 3.64. The minimum atomic E-state index is -0.559. The van der Waals surface area contributed by atoms with E-state index in [0.29, 0.717) is 12.5 Å². The van der Waals surface area contributed by atoms with E-state index in [1.807, 2.05) is 31.2 Å². The number of carbonyl (C=O) groups is 1. The predicted octanol–water partition coefficient (Wildman–Crippen LogP) is 3.98. The van der Waals surface area contributed by atoms with E-state index in [2.05, 4.69) is 28.2 Å². The summed E-state index contributed by atoms with van der Waals surface area (Å²) in [5.74, 6) is 0.420. The zero-order valence-electron chi connectivity index (χ0n) is 11.4. The van der Waals surface area contributed by atoms with Gasteiger partial charge >= 0.3 is 5.97 Å². The van der Waals surface area contributed by atoms with Gasteiger partial charge in [-0.1, -0.05) is 28.9 Å². The first-order valence-electron chi connectivity index (χ1n) is 6.77. The van der Waals surface area contributed by atoms with Crippen LogP contribution in [0.25, 0.3) is 0 Å². The van der Waals surface area contributed by atoms with Crippen molar-refractivity contribution in [1.82, 2.24) is 0 Å². The molecule has 4 heteroatoms. The molecule has 1 N–H and O–H groups in total. The lowest BCUT2D eigenvalue weighted by molar-refractivity contribution is -0.148. The largest absolute Gasteiger partial charge is 0.464 e. The van der Waals surface area contributed by atoms with Gasteiger partial charge in [0.15, 0.2) is 0 Å². The van der Waals surface area contributed by atoms with Crippen molar-refractivity contribution >= 4 is 27.6 Å². The second-order valence-electron chi connectivity index (χ2n) is 5.29. The van der Waals surface area contributed by atoms with Crippen LogP contribution in [0.3, 0.4) is 0 Å². The fraction of sp³-hybridized carbons (Fsp3) is 0.533. The summed E-state index contributed by atoms with van der Waals surface area (Å²) >= 11 is 3.45. The number of hydrogen-bond acceptors (Lipinski definition) is 3. The number of halogens is 1. The number of ether oxygens (including phenoxy) is 1. The number of nitrogens with one attached hydrogen (secondary N) is 1. The Labute approximate surface area is 122 Å². The van der Waals surface area contributed by atoms with E-state index in [1.165, 1.54) is 0 Å². The average molecular weight is 326 g/mol. The Morgan fingerprint density at radius 2 is 2.37 bits per heavy atom. The molecule has 1 aliphatic carbocycles. The van der Waals surface area contributed by atoms with Crippen molar-refractivity contribution in [2.75, 3.05) is 11.9 Å². The SMILES string of the molecule is CCOC(=O)C1(Nc2cccc(Br)c2)CCC(C)C1. The molecule has 1 fully saturated rings. The van der Waals surface area contributed by atoms with Gasteiger partial charge in [-0.25, -0.2) is 4.79 Å².